The van der Waals surface area contributed by atoms with Gasteiger partial charge < -0.3 is 0 Å². The second-order valence-corrected chi connectivity index (χ2v) is 19.2. The zero-order chi connectivity index (χ0) is 17.7. The van der Waals surface area contributed by atoms with Gasteiger partial charge in [0.05, 0.1) is 0 Å². The summed E-state index contributed by atoms with van der Waals surface area (Å²) in [6, 6.07) is 7.59. The Morgan fingerprint density at radius 2 is 2.00 bits per heavy atom. The Balaban J connectivity index is 2.03. The molecule has 0 amide bonds. The maximum absolute atomic E-state index is 11.8. The number of hydrogen-bond acceptors (Lipinski definition) is 4. The fraction of sp³-hybridized carbons (Fsp3) is 0.471. The molecule has 0 spiro atoms. The van der Waals surface area contributed by atoms with E-state index in [2.05, 4.69) is 0 Å². The zero-order valence-electron chi connectivity index (χ0n) is 14.0. The molecule has 1 fully saturated rings. The third-order valence-electron chi connectivity index (χ3n) is 3.80. The first-order valence-corrected chi connectivity index (χ1v) is 16.5. The summed E-state index contributed by atoms with van der Waals surface area (Å²) in [5.74, 6) is 1.14. The Labute approximate surface area is 154 Å². The summed E-state index contributed by atoms with van der Waals surface area (Å²) in [4.78, 5) is 11.8. The third kappa shape index (κ3) is 4.95. The predicted molar refractivity (Wildman–Crippen MR) is 98.3 cm³/mol. The average Bonchev–Trinajstić information content (AvgIpc) is 3.02. The van der Waals surface area contributed by atoms with Crippen molar-refractivity contribution in [2.45, 2.75) is 37.3 Å². The summed E-state index contributed by atoms with van der Waals surface area (Å²) >= 11 is -3.25. The monoisotopic (exact) mass is 490 g/mol. The van der Waals surface area contributed by atoms with Crippen LogP contribution in [0.3, 0.4) is 0 Å². The summed E-state index contributed by atoms with van der Waals surface area (Å²) in [7, 11) is 15.0. The van der Waals surface area contributed by atoms with Crippen molar-refractivity contribution in [1.29, 1.82) is 0 Å². The van der Waals surface area contributed by atoms with Crippen LogP contribution in [0.5, 0.6) is 5.75 Å². The van der Waals surface area contributed by atoms with Crippen LogP contribution < -0.4 is 8.35 Å². The normalized spacial score (nSPS) is 20.3. The van der Waals surface area contributed by atoms with Crippen molar-refractivity contribution >= 4 is 43.4 Å². The Bertz CT molecular complexity index is 614. The minimum atomic E-state index is -3.25. The number of carbonyl (C=O) groups is 1. The molecular formula is C17H22Cl2O4Te. The van der Waals surface area contributed by atoms with E-state index in [1.807, 2.05) is 24.3 Å². The van der Waals surface area contributed by atoms with E-state index in [1.54, 1.807) is 21.0 Å². The van der Waals surface area contributed by atoms with Gasteiger partial charge in [-0.05, 0) is 0 Å². The van der Waals surface area contributed by atoms with Gasteiger partial charge in [-0.1, -0.05) is 0 Å². The van der Waals surface area contributed by atoms with Gasteiger partial charge in [0.2, 0.25) is 0 Å². The van der Waals surface area contributed by atoms with Gasteiger partial charge in [0.15, 0.2) is 0 Å². The van der Waals surface area contributed by atoms with Gasteiger partial charge in [-0.25, -0.2) is 0 Å². The molecule has 0 bridgehead atoms. The Kier molecular flexibility index (Phi) is 7.12. The molecule has 1 aromatic rings. The Morgan fingerprint density at radius 1 is 1.33 bits per heavy atom. The van der Waals surface area contributed by atoms with Crippen LogP contribution in [0.25, 0.3) is 0 Å². The average molecular weight is 489 g/mol. The molecule has 1 aliphatic rings. The van der Waals surface area contributed by atoms with E-state index in [0.29, 0.717) is 28.8 Å². The van der Waals surface area contributed by atoms with Gasteiger partial charge in [-0.3, -0.25) is 0 Å². The molecule has 1 atom stereocenters. The van der Waals surface area contributed by atoms with Gasteiger partial charge in [0.25, 0.3) is 0 Å². The Morgan fingerprint density at radius 3 is 2.58 bits per heavy atom. The quantitative estimate of drug-likeness (QED) is 0.347. The van der Waals surface area contributed by atoms with Crippen LogP contribution in [-0.2, 0) is 14.3 Å². The molecule has 0 radical (unpaired) electrons. The second kappa shape index (κ2) is 8.67. The van der Waals surface area contributed by atoms with Gasteiger partial charge >= 0.3 is 155 Å². The molecule has 1 unspecified atom stereocenters. The number of carbonyl (C=O) groups excluding carboxylic acids is 1. The number of ether oxygens (including phenoxy) is 3. The predicted octanol–water partition coefficient (Wildman–Crippen LogP) is 3.84. The van der Waals surface area contributed by atoms with E-state index in [0.717, 1.165) is 15.8 Å². The molecule has 134 valence electrons. The van der Waals surface area contributed by atoms with E-state index >= 15 is 0 Å². The summed E-state index contributed by atoms with van der Waals surface area (Å²) < 4.78 is 17.7. The van der Waals surface area contributed by atoms with E-state index in [9.17, 15) is 4.79 Å². The first-order valence-electron chi connectivity index (χ1n) is 7.75. The molecule has 0 saturated carbocycles. The van der Waals surface area contributed by atoms with E-state index in [4.69, 9.17) is 32.1 Å². The van der Waals surface area contributed by atoms with Gasteiger partial charge in [0.1, 0.15) is 0 Å². The molecule has 1 heterocycles. The molecular weight excluding hydrogens is 467 g/mol. The maximum atomic E-state index is 11.8. The van der Waals surface area contributed by atoms with Crippen molar-refractivity contribution in [3.63, 3.8) is 0 Å². The molecule has 1 aliphatic heterocycles. The van der Waals surface area contributed by atoms with Crippen molar-refractivity contribution in [2.24, 2.45) is 0 Å². The van der Waals surface area contributed by atoms with E-state index in [-0.39, 0.29) is 12.1 Å². The fourth-order valence-corrected chi connectivity index (χ4v) is 9.80. The number of halogens is 2. The third-order valence-corrected chi connectivity index (χ3v) is 12.9. The van der Waals surface area contributed by atoms with Crippen molar-refractivity contribution in [1.82, 2.24) is 0 Å². The van der Waals surface area contributed by atoms with Crippen molar-refractivity contribution in [2.75, 3.05) is 13.7 Å². The minimum absolute atomic E-state index is 0.0531. The van der Waals surface area contributed by atoms with Gasteiger partial charge in [-0.2, -0.15) is 0 Å². The summed E-state index contributed by atoms with van der Waals surface area (Å²) in [6.07, 6.45) is 1.47. The van der Waals surface area contributed by atoms with Crippen LogP contribution in [0.2, 0.25) is 4.47 Å². The molecule has 0 aliphatic carbocycles. The number of benzene rings is 1. The van der Waals surface area contributed by atoms with Gasteiger partial charge in [0, 0.05) is 0 Å². The molecule has 0 N–H and O–H groups in total. The summed E-state index contributed by atoms with van der Waals surface area (Å²) in [5, 5.41) is 0. The van der Waals surface area contributed by atoms with E-state index in [1.165, 1.54) is 0 Å². The van der Waals surface area contributed by atoms with Crippen LogP contribution >= 0.6 is 17.9 Å². The second-order valence-electron chi connectivity index (χ2n) is 5.46. The molecule has 1 aromatic carbocycles. The standard InChI is InChI=1S/C17H22Cl2O4Te/c1-4-22-17(20)12(2)16-10-7-14(23-16)11-24(18,19)15-8-5-13(21-3)6-9-15/h5-6,8-9,14H,4,7,10-11H2,1-3H3/b16-12+. The van der Waals surface area contributed by atoms with Crippen LogP contribution in [0, 0.1) is 0 Å². The number of methoxy groups -OCH3 is 1. The Hall–Kier alpha value is -0.600. The molecule has 0 aromatic heterocycles. The van der Waals surface area contributed by atoms with Crippen LogP contribution in [0.15, 0.2) is 35.6 Å². The van der Waals surface area contributed by atoms with Crippen LogP contribution in [-0.4, -0.2) is 41.7 Å². The summed E-state index contributed by atoms with van der Waals surface area (Å²) in [5.41, 5.74) is 0.534. The molecule has 2 rings (SSSR count). The van der Waals surface area contributed by atoms with Crippen LogP contribution in [0.1, 0.15) is 26.7 Å². The SMILES string of the molecule is CCOC(=O)/C(C)=C1\CCC(C[Te](Cl)(Cl)c2ccc(OC)cc2)O1. The summed E-state index contributed by atoms with van der Waals surface area (Å²) in [6.45, 7) is 3.87. The van der Waals surface area contributed by atoms with Crippen molar-refractivity contribution in [3.8, 4) is 5.75 Å². The van der Waals surface area contributed by atoms with Crippen molar-refractivity contribution < 1.29 is 19.0 Å². The molecule has 24 heavy (non-hydrogen) atoms. The number of hydrogen-bond donors (Lipinski definition) is 0. The zero-order valence-corrected chi connectivity index (χ0v) is 17.9. The molecule has 1 saturated heterocycles. The van der Waals surface area contributed by atoms with Crippen molar-refractivity contribution in [3.05, 3.63) is 35.6 Å². The number of esters is 1. The first kappa shape index (κ1) is 19.7. The topological polar surface area (TPSA) is 44.8 Å². The first-order chi connectivity index (χ1) is 11.4. The molecule has 7 heteroatoms. The fourth-order valence-electron chi connectivity index (χ4n) is 2.46. The van der Waals surface area contributed by atoms with Gasteiger partial charge in [-0.15, -0.1) is 0 Å². The van der Waals surface area contributed by atoms with E-state index < -0.39 is 15.9 Å². The number of allylic oxidation sites excluding steroid dienone is 1. The van der Waals surface area contributed by atoms with Crippen LogP contribution in [0.4, 0.5) is 0 Å². The molecule has 4 nitrogen and oxygen atoms in total. The number of rotatable bonds is 6.